The molecule has 81 heavy (non-hydrogen) atoms. The van der Waals surface area contributed by atoms with Crippen molar-refractivity contribution in [1.29, 1.82) is 0 Å². The van der Waals surface area contributed by atoms with E-state index in [1.165, 1.54) is 148 Å². The van der Waals surface area contributed by atoms with Crippen LogP contribution < -0.4 is 10.2 Å². The Hall–Kier alpha value is -3.33. The van der Waals surface area contributed by atoms with Gasteiger partial charge in [0.15, 0.2) is 0 Å². The summed E-state index contributed by atoms with van der Waals surface area (Å²) < 4.78 is 30.3. The first-order chi connectivity index (χ1) is 39.4. The Balaban J connectivity index is 5.29. The molecule has 0 saturated carbocycles. The molecule has 1 amide bonds. The number of likely N-dealkylation sites (N-methyl/N-ethyl adjacent to an activating group) is 1. The fraction of sp³-hybridized carbons (Fsp3) is 0.718. The topological polar surface area (TPSA) is 114 Å². The normalized spacial score (nSPS) is 14.3. The number of allylic oxidation sites excluding steroid dienone is 17. The number of quaternary nitrogens is 1. The Morgan fingerprint density at radius 1 is 0.444 bits per heavy atom. The summed E-state index contributed by atoms with van der Waals surface area (Å²) in [6.07, 6.45) is 82.2. The van der Waals surface area contributed by atoms with Gasteiger partial charge in [0.1, 0.15) is 19.3 Å². The second-order valence-electron chi connectivity index (χ2n) is 23.2. The monoisotopic (exact) mass is 1150 g/mol. The van der Waals surface area contributed by atoms with Crippen molar-refractivity contribution < 1.29 is 37.3 Å². The zero-order chi connectivity index (χ0) is 59.3. The molecule has 0 saturated heterocycles. The van der Waals surface area contributed by atoms with Crippen molar-refractivity contribution in [2.24, 2.45) is 0 Å². The lowest BCUT2D eigenvalue weighted by atomic mass is 10.0. The highest BCUT2D eigenvalue weighted by Crippen LogP contribution is 2.38. The number of hydrogen-bond acceptors (Lipinski definition) is 7. The lowest BCUT2D eigenvalue weighted by Gasteiger charge is -2.30. The van der Waals surface area contributed by atoms with Crippen molar-refractivity contribution in [3.8, 4) is 0 Å². The quantitative estimate of drug-likeness (QED) is 0.0212. The van der Waals surface area contributed by atoms with E-state index in [-0.39, 0.29) is 18.9 Å². The van der Waals surface area contributed by atoms with Gasteiger partial charge in [-0.05, 0) is 102 Å². The van der Waals surface area contributed by atoms with Gasteiger partial charge in [0, 0.05) is 12.8 Å². The maximum Gasteiger partial charge on any atom is 0.306 e. The number of nitrogens with one attached hydrogen (secondary N) is 1. The number of carbonyl (C=O) groups is 2. The Bertz CT molecular complexity index is 1750. The molecule has 9 nitrogen and oxygen atoms in total. The predicted molar refractivity (Wildman–Crippen MR) is 348 cm³/mol. The van der Waals surface area contributed by atoms with E-state index in [0.29, 0.717) is 23.9 Å². The fourth-order valence-corrected chi connectivity index (χ4v) is 9.83. The third kappa shape index (κ3) is 61.1. The van der Waals surface area contributed by atoms with Crippen molar-refractivity contribution in [2.75, 3.05) is 40.9 Å². The summed E-state index contributed by atoms with van der Waals surface area (Å²) in [6.45, 7) is 6.67. The van der Waals surface area contributed by atoms with Crippen LogP contribution in [0.1, 0.15) is 278 Å². The molecule has 0 aromatic carbocycles. The van der Waals surface area contributed by atoms with Crippen molar-refractivity contribution in [1.82, 2.24) is 5.32 Å². The van der Waals surface area contributed by atoms with Crippen LogP contribution in [0.15, 0.2) is 109 Å². The molecule has 466 valence electrons. The van der Waals surface area contributed by atoms with Gasteiger partial charge in [-0.1, -0.05) is 272 Å². The molecule has 0 heterocycles. The minimum atomic E-state index is -4.72. The molecule has 0 spiro atoms. The summed E-state index contributed by atoms with van der Waals surface area (Å²) in [4.78, 5) is 40.1. The first-order valence-electron chi connectivity index (χ1n) is 33.2. The van der Waals surface area contributed by atoms with Gasteiger partial charge in [0.2, 0.25) is 5.91 Å². The number of ether oxygens (including phenoxy) is 1. The van der Waals surface area contributed by atoms with Crippen molar-refractivity contribution in [2.45, 2.75) is 290 Å². The van der Waals surface area contributed by atoms with Crippen LogP contribution in [0, 0.1) is 0 Å². The molecule has 0 rings (SSSR count). The molecule has 0 bridgehead atoms. The second-order valence-corrected chi connectivity index (χ2v) is 24.6. The number of unbranched alkanes of at least 4 members (excludes halogenated alkanes) is 27. The highest BCUT2D eigenvalue weighted by Gasteiger charge is 2.27. The maximum atomic E-state index is 13.6. The van der Waals surface area contributed by atoms with E-state index in [4.69, 9.17) is 13.8 Å². The van der Waals surface area contributed by atoms with Gasteiger partial charge in [-0.25, -0.2) is 0 Å². The Kier molecular flexibility index (Phi) is 57.4. The molecule has 1 N–H and O–H groups in total. The van der Waals surface area contributed by atoms with E-state index >= 15 is 0 Å². The molecule has 10 heteroatoms. The van der Waals surface area contributed by atoms with Gasteiger partial charge in [-0.15, -0.1) is 0 Å². The van der Waals surface area contributed by atoms with Crippen LogP contribution in [-0.2, 0) is 27.9 Å². The highest BCUT2D eigenvalue weighted by atomic mass is 31.2. The van der Waals surface area contributed by atoms with E-state index in [1.807, 2.05) is 45.4 Å². The lowest BCUT2D eigenvalue weighted by Crippen LogP contribution is -2.47. The molecule has 0 aliphatic rings. The molecular weight excluding hydrogens is 1020 g/mol. The zero-order valence-corrected chi connectivity index (χ0v) is 54.1. The predicted octanol–water partition coefficient (Wildman–Crippen LogP) is 20.3. The van der Waals surface area contributed by atoms with Crippen LogP contribution in [0.4, 0.5) is 0 Å². The van der Waals surface area contributed by atoms with Gasteiger partial charge < -0.3 is 28.5 Å². The number of hydrogen-bond donors (Lipinski definition) is 1. The van der Waals surface area contributed by atoms with E-state index < -0.39 is 32.5 Å². The average molecular weight is 1150 g/mol. The van der Waals surface area contributed by atoms with Crippen molar-refractivity contribution in [3.63, 3.8) is 0 Å². The number of amides is 1. The van der Waals surface area contributed by atoms with Crippen LogP contribution in [0.25, 0.3) is 0 Å². The van der Waals surface area contributed by atoms with Crippen molar-refractivity contribution in [3.05, 3.63) is 109 Å². The molecular formula is C71H125N2O7P. The van der Waals surface area contributed by atoms with Gasteiger partial charge >= 0.3 is 5.97 Å². The third-order valence-electron chi connectivity index (χ3n) is 14.2. The van der Waals surface area contributed by atoms with E-state index in [9.17, 15) is 19.0 Å². The van der Waals surface area contributed by atoms with E-state index in [2.05, 4.69) is 111 Å². The number of nitrogens with zero attached hydrogens (tertiary/aromatic N) is 1. The van der Waals surface area contributed by atoms with E-state index in [1.54, 1.807) is 0 Å². The molecule has 3 unspecified atom stereocenters. The summed E-state index contributed by atoms with van der Waals surface area (Å²) in [5.74, 6) is -0.640. The minimum Gasteiger partial charge on any atom is -0.756 e. The highest BCUT2D eigenvalue weighted by molar-refractivity contribution is 7.45. The van der Waals surface area contributed by atoms with Gasteiger partial charge in [0.05, 0.1) is 33.8 Å². The summed E-state index contributed by atoms with van der Waals surface area (Å²) in [5, 5.41) is 3.02. The number of phosphoric ester groups is 1. The lowest BCUT2D eigenvalue weighted by molar-refractivity contribution is -0.870. The maximum absolute atomic E-state index is 13.6. The van der Waals surface area contributed by atoms with Crippen LogP contribution in [0.2, 0.25) is 0 Å². The zero-order valence-electron chi connectivity index (χ0n) is 53.2. The molecule has 0 aliphatic heterocycles. The average Bonchev–Trinajstić information content (AvgIpc) is 3.44. The molecule has 0 aromatic heterocycles. The number of rotatable bonds is 59. The summed E-state index contributed by atoms with van der Waals surface area (Å²) in [7, 11) is 1.14. The van der Waals surface area contributed by atoms with Gasteiger partial charge in [-0.2, -0.15) is 0 Å². The summed E-state index contributed by atoms with van der Waals surface area (Å²) >= 11 is 0. The summed E-state index contributed by atoms with van der Waals surface area (Å²) in [6, 6.07) is -0.926. The van der Waals surface area contributed by atoms with E-state index in [0.717, 1.165) is 89.9 Å². The Morgan fingerprint density at radius 2 is 0.802 bits per heavy atom. The molecule has 0 aromatic rings. The van der Waals surface area contributed by atoms with Gasteiger partial charge in [0.25, 0.3) is 7.82 Å². The first kappa shape index (κ1) is 77.7. The van der Waals surface area contributed by atoms with Crippen molar-refractivity contribution >= 4 is 19.7 Å². The first-order valence-corrected chi connectivity index (χ1v) is 34.7. The fourth-order valence-electron chi connectivity index (χ4n) is 9.11. The Morgan fingerprint density at radius 3 is 1.23 bits per heavy atom. The molecule has 0 fully saturated rings. The van der Waals surface area contributed by atoms with Crippen LogP contribution in [0.5, 0.6) is 0 Å². The largest absolute Gasteiger partial charge is 0.756 e. The summed E-state index contributed by atoms with van der Waals surface area (Å²) in [5.41, 5.74) is 0. The molecule has 0 radical (unpaired) electrons. The number of phosphoric acid groups is 1. The van der Waals surface area contributed by atoms with Crippen LogP contribution >= 0.6 is 7.82 Å². The standard InChI is InChI=1S/C71H125N2O7P/c1-7-10-13-16-19-22-25-28-30-32-34-35-36-37-39-40-42-45-48-51-54-57-60-63-70(74)72-68(67-79-81(76,77)78-66-65-73(4,5)6)69(62-59-56-53-50-47-44-27-24-21-18-15-12-9-3)80-71(75)64-61-58-55-52-49-46-43-41-38-33-31-29-26-23-20-17-14-11-8-2/h11,14,19-20,22-23,28-31,38,41,46,49,55,58-59,62,68-69H,7-10,12-13,15-18,21,24-27,32-37,39-40,42-45,47-48,50-54,56-57,60-61,63-67H2,1-6H3,(H-,72,74,76,77)/b14-11-,22-19-,23-20-,30-28-,31-29-,41-38-,49-46-,58-55-,62-59-. The smallest absolute Gasteiger partial charge is 0.306 e. The number of carbonyl (C=O) groups excluding carboxylic acids is 2. The SMILES string of the molecule is CC/C=C\C/C=C\C/C=C\C/C=C\C/C=C\C/C=C\CCC(=O)OC(/C=C\CCCCCCCCCCCCC)C(COP(=O)([O-])OCC[N+](C)(C)C)NC(=O)CCCCCCCCCCCCCCC/C=C\C/C=C\CCCCC. The van der Waals surface area contributed by atoms with Crippen LogP contribution in [-0.4, -0.2) is 69.4 Å². The van der Waals surface area contributed by atoms with Crippen LogP contribution in [0.3, 0.4) is 0 Å². The third-order valence-corrected chi connectivity index (χ3v) is 15.2. The Labute approximate surface area is 500 Å². The molecule has 0 aliphatic carbocycles. The minimum absolute atomic E-state index is 0.0380. The second kappa shape index (κ2) is 59.8. The number of esters is 1. The molecule has 3 atom stereocenters. The van der Waals surface area contributed by atoms with Gasteiger partial charge in [-0.3, -0.25) is 14.2 Å².